The lowest BCUT2D eigenvalue weighted by atomic mass is 10.1. The fourth-order valence-corrected chi connectivity index (χ4v) is 2.92. The molecule has 1 aliphatic heterocycles. The van der Waals surface area contributed by atoms with Gasteiger partial charge in [-0.15, -0.1) is 0 Å². The van der Waals surface area contributed by atoms with E-state index in [2.05, 4.69) is 34.3 Å². The third-order valence-electron chi connectivity index (χ3n) is 4.40. The third kappa shape index (κ3) is 3.99. The van der Waals surface area contributed by atoms with Crippen LogP contribution in [-0.4, -0.2) is 58.2 Å². The average molecular weight is 312 g/mol. The predicted octanol–water partition coefficient (Wildman–Crippen LogP) is 1.90. The lowest BCUT2D eigenvalue weighted by Gasteiger charge is -2.34. The molecule has 0 radical (unpaired) electrons. The zero-order valence-corrected chi connectivity index (χ0v) is 13.7. The number of benzene rings is 1. The SMILES string of the molecule is CCn1ccc(C(=O)N2CCN(CCc3ccccc3)CC2)n1. The first-order valence-corrected chi connectivity index (χ1v) is 8.35. The average Bonchev–Trinajstić information content (AvgIpc) is 3.10. The van der Waals surface area contributed by atoms with Gasteiger partial charge in [0.05, 0.1) is 0 Å². The van der Waals surface area contributed by atoms with Crippen molar-refractivity contribution in [3.8, 4) is 0 Å². The summed E-state index contributed by atoms with van der Waals surface area (Å²) < 4.78 is 1.79. The maximum absolute atomic E-state index is 12.4. The first kappa shape index (κ1) is 15.7. The first-order chi connectivity index (χ1) is 11.3. The summed E-state index contributed by atoms with van der Waals surface area (Å²) in [6, 6.07) is 12.4. The van der Waals surface area contributed by atoms with Crippen molar-refractivity contribution in [1.29, 1.82) is 0 Å². The Hall–Kier alpha value is -2.14. The van der Waals surface area contributed by atoms with Crippen molar-refractivity contribution in [3.05, 3.63) is 53.9 Å². The fraction of sp³-hybridized carbons (Fsp3) is 0.444. The Bertz CT molecular complexity index is 629. The topological polar surface area (TPSA) is 41.4 Å². The monoisotopic (exact) mass is 312 g/mol. The van der Waals surface area contributed by atoms with Crippen LogP contribution in [0.4, 0.5) is 0 Å². The molecule has 0 N–H and O–H groups in total. The highest BCUT2D eigenvalue weighted by Gasteiger charge is 2.23. The maximum Gasteiger partial charge on any atom is 0.274 e. The summed E-state index contributed by atoms with van der Waals surface area (Å²) in [5.41, 5.74) is 1.93. The molecule has 0 unspecified atom stereocenters. The predicted molar refractivity (Wildman–Crippen MR) is 90.4 cm³/mol. The van der Waals surface area contributed by atoms with Crippen LogP contribution in [0.5, 0.6) is 0 Å². The molecule has 5 heteroatoms. The van der Waals surface area contributed by atoms with E-state index in [-0.39, 0.29) is 5.91 Å². The van der Waals surface area contributed by atoms with Crippen LogP contribution in [0.15, 0.2) is 42.6 Å². The van der Waals surface area contributed by atoms with Crippen LogP contribution in [0, 0.1) is 0 Å². The van der Waals surface area contributed by atoms with Crippen molar-refractivity contribution in [1.82, 2.24) is 19.6 Å². The summed E-state index contributed by atoms with van der Waals surface area (Å²) in [7, 11) is 0. The highest BCUT2D eigenvalue weighted by atomic mass is 16.2. The highest BCUT2D eigenvalue weighted by molar-refractivity contribution is 5.92. The number of aromatic nitrogens is 2. The summed E-state index contributed by atoms with van der Waals surface area (Å²) in [6.07, 6.45) is 2.93. The van der Waals surface area contributed by atoms with Crippen molar-refractivity contribution in [3.63, 3.8) is 0 Å². The van der Waals surface area contributed by atoms with Gasteiger partial charge in [-0.05, 0) is 25.0 Å². The number of amides is 1. The van der Waals surface area contributed by atoms with E-state index in [1.165, 1.54) is 5.56 Å². The molecule has 1 saturated heterocycles. The zero-order chi connectivity index (χ0) is 16.1. The number of nitrogens with zero attached hydrogens (tertiary/aromatic N) is 4. The van der Waals surface area contributed by atoms with Gasteiger partial charge in [0.15, 0.2) is 0 Å². The van der Waals surface area contributed by atoms with Gasteiger partial charge in [-0.25, -0.2) is 0 Å². The van der Waals surface area contributed by atoms with E-state index in [0.29, 0.717) is 5.69 Å². The molecular weight excluding hydrogens is 288 g/mol. The first-order valence-electron chi connectivity index (χ1n) is 8.35. The number of hydrogen-bond acceptors (Lipinski definition) is 3. The summed E-state index contributed by atoms with van der Waals surface area (Å²) >= 11 is 0. The van der Waals surface area contributed by atoms with Gasteiger partial charge in [0.1, 0.15) is 5.69 Å². The van der Waals surface area contributed by atoms with Gasteiger partial charge in [-0.1, -0.05) is 30.3 Å². The molecule has 0 spiro atoms. The lowest BCUT2D eigenvalue weighted by Crippen LogP contribution is -2.49. The quantitative estimate of drug-likeness (QED) is 0.847. The number of piperazine rings is 1. The number of carbonyl (C=O) groups excluding carboxylic acids is 1. The Balaban J connectivity index is 1.47. The number of hydrogen-bond donors (Lipinski definition) is 0. The van der Waals surface area contributed by atoms with E-state index in [9.17, 15) is 4.79 Å². The van der Waals surface area contributed by atoms with Gasteiger partial charge in [-0.2, -0.15) is 5.10 Å². The molecule has 23 heavy (non-hydrogen) atoms. The summed E-state index contributed by atoms with van der Waals surface area (Å²) in [5.74, 6) is 0.0555. The molecule has 1 fully saturated rings. The molecule has 0 saturated carbocycles. The molecule has 1 aliphatic rings. The molecular formula is C18H24N4O. The van der Waals surface area contributed by atoms with Crippen LogP contribution in [-0.2, 0) is 13.0 Å². The largest absolute Gasteiger partial charge is 0.335 e. The molecule has 2 aromatic rings. The van der Waals surface area contributed by atoms with Crippen LogP contribution in [0.3, 0.4) is 0 Å². The molecule has 0 aliphatic carbocycles. The second-order valence-electron chi connectivity index (χ2n) is 5.93. The second-order valence-corrected chi connectivity index (χ2v) is 5.93. The summed E-state index contributed by atoms with van der Waals surface area (Å²) in [5, 5.41) is 4.31. The minimum Gasteiger partial charge on any atom is -0.335 e. The number of aryl methyl sites for hydroxylation is 1. The van der Waals surface area contributed by atoms with E-state index in [4.69, 9.17) is 0 Å². The minimum absolute atomic E-state index is 0.0555. The summed E-state index contributed by atoms with van der Waals surface area (Å²) in [4.78, 5) is 16.8. The van der Waals surface area contributed by atoms with E-state index in [1.54, 1.807) is 4.68 Å². The fourth-order valence-electron chi connectivity index (χ4n) is 2.92. The van der Waals surface area contributed by atoms with Gasteiger partial charge < -0.3 is 4.90 Å². The number of carbonyl (C=O) groups is 1. The zero-order valence-electron chi connectivity index (χ0n) is 13.7. The van der Waals surface area contributed by atoms with E-state index >= 15 is 0 Å². The summed E-state index contributed by atoms with van der Waals surface area (Å²) in [6.45, 7) is 7.31. The van der Waals surface area contributed by atoms with Crippen molar-refractivity contribution in [2.75, 3.05) is 32.7 Å². The highest BCUT2D eigenvalue weighted by Crippen LogP contribution is 2.09. The van der Waals surface area contributed by atoms with E-state index in [0.717, 1.165) is 45.7 Å². The maximum atomic E-state index is 12.4. The Morgan fingerprint density at radius 1 is 1.09 bits per heavy atom. The van der Waals surface area contributed by atoms with Crippen LogP contribution >= 0.6 is 0 Å². The Kier molecular flexibility index (Phi) is 5.08. The Labute approximate surface area is 137 Å². The van der Waals surface area contributed by atoms with Gasteiger partial charge in [-0.3, -0.25) is 14.4 Å². The van der Waals surface area contributed by atoms with Gasteiger partial charge in [0.2, 0.25) is 0 Å². The molecule has 0 atom stereocenters. The van der Waals surface area contributed by atoms with Crippen LogP contribution in [0.25, 0.3) is 0 Å². The van der Waals surface area contributed by atoms with Crippen molar-refractivity contribution in [2.45, 2.75) is 19.9 Å². The van der Waals surface area contributed by atoms with Crippen LogP contribution in [0.1, 0.15) is 23.0 Å². The van der Waals surface area contributed by atoms with Crippen molar-refractivity contribution >= 4 is 5.91 Å². The molecule has 1 aromatic heterocycles. The van der Waals surface area contributed by atoms with Gasteiger partial charge >= 0.3 is 0 Å². The normalized spacial score (nSPS) is 15.8. The standard InChI is InChI=1S/C18H24N4O/c1-2-22-11-9-17(19-22)18(23)21-14-12-20(13-15-21)10-8-16-6-4-3-5-7-16/h3-7,9,11H,2,8,10,12-15H2,1H3. The van der Waals surface area contributed by atoms with Crippen LogP contribution < -0.4 is 0 Å². The second kappa shape index (κ2) is 7.42. The molecule has 122 valence electrons. The lowest BCUT2D eigenvalue weighted by molar-refractivity contribution is 0.0632. The molecule has 1 aromatic carbocycles. The van der Waals surface area contributed by atoms with E-state index < -0.39 is 0 Å². The molecule has 1 amide bonds. The number of rotatable bonds is 5. The minimum atomic E-state index is 0.0555. The third-order valence-corrected chi connectivity index (χ3v) is 4.40. The smallest absolute Gasteiger partial charge is 0.274 e. The van der Waals surface area contributed by atoms with Crippen molar-refractivity contribution in [2.24, 2.45) is 0 Å². The van der Waals surface area contributed by atoms with E-state index in [1.807, 2.05) is 30.2 Å². The Morgan fingerprint density at radius 2 is 1.83 bits per heavy atom. The van der Waals surface area contributed by atoms with Crippen molar-refractivity contribution < 1.29 is 4.79 Å². The van der Waals surface area contributed by atoms with Gasteiger partial charge in [0, 0.05) is 45.5 Å². The molecule has 2 heterocycles. The van der Waals surface area contributed by atoms with Crippen LogP contribution in [0.2, 0.25) is 0 Å². The Morgan fingerprint density at radius 3 is 2.48 bits per heavy atom. The molecule has 5 nitrogen and oxygen atoms in total. The molecule has 0 bridgehead atoms. The molecule has 3 rings (SSSR count). The van der Waals surface area contributed by atoms with Gasteiger partial charge in [0.25, 0.3) is 5.91 Å².